The van der Waals surface area contributed by atoms with Gasteiger partial charge in [-0.05, 0) is 31.4 Å². The quantitative estimate of drug-likeness (QED) is 0.668. The van der Waals surface area contributed by atoms with Gasteiger partial charge in [0.05, 0.1) is 12.4 Å². The van der Waals surface area contributed by atoms with Crippen LogP contribution in [0.4, 0.5) is 18.3 Å². The van der Waals surface area contributed by atoms with Gasteiger partial charge in [-0.25, -0.2) is 4.98 Å². The van der Waals surface area contributed by atoms with Crippen molar-refractivity contribution < 1.29 is 18.0 Å². The van der Waals surface area contributed by atoms with E-state index in [0.29, 0.717) is 43.0 Å². The smallest absolute Gasteiger partial charge is 0.356 e. The van der Waals surface area contributed by atoms with Gasteiger partial charge >= 0.3 is 6.18 Å². The first kappa shape index (κ1) is 20.2. The number of likely N-dealkylation sites (tertiary alicyclic amines) is 1. The Hall–Kier alpha value is -3.09. The zero-order valence-electron chi connectivity index (χ0n) is 15.8. The summed E-state index contributed by atoms with van der Waals surface area (Å²) in [5.41, 5.74) is 1.54. The minimum absolute atomic E-state index is 0.0801. The molecule has 1 saturated heterocycles. The lowest BCUT2D eigenvalue weighted by molar-refractivity contribution is -0.138. The normalized spacial score (nSPS) is 17.2. The number of piperidine rings is 1. The average Bonchev–Trinajstić information content (AvgIpc) is 3.39. The van der Waals surface area contributed by atoms with Crippen molar-refractivity contribution >= 4 is 22.4 Å². The lowest BCUT2D eigenvalue weighted by atomic mass is 10.1. The molecule has 3 aromatic heterocycles. The highest BCUT2D eigenvalue weighted by Gasteiger charge is 2.36. The number of nitrogens with zero attached hydrogens (tertiary/aromatic N) is 7. The first-order chi connectivity index (χ1) is 14.3. The zero-order chi connectivity index (χ0) is 21.3. The van der Waals surface area contributed by atoms with Gasteiger partial charge in [-0.15, -0.1) is 15.0 Å². The Bertz CT molecular complexity index is 1040. The molecule has 4 heterocycles. The molecule has 1 aliphatic heterocycles. The predicted molar refractivity (Wildman–Crippen MR) is 101 cm³/mol. The van der Waals surface area contributed by atoms with Gasteiger partial charge in [0.1, 0.15) is 5.69 Å². The van der Waals surface area contributed by atoms with Crippen LogP contribution < -0.4 is 5.32 Å². The molecule has 13 heteroatoms. The second-order valence-corrected chi connectivity index (χ2v) is 7.82. The van der Waals surface area contributed by atoms with Gasteiger partial charge in [-0.3, -0.25) is 4.79 Å². The van der Waals surface area contributed by atoms with Crippen LogP contribution in [-0.2, 0) is 6.18 Å². The Morgan fingerprint density at radius 1 is 1.27 bits per heavy atom. The lowest BCUT2D eigenvalue weighted by Crippen LogP contribution is -2.45. The summed E-state index contributed by atoms with van der Waals surface area (Å²) in [6.45, 7) is 2.68. The number of anilines is 1. The van der Waals surface area contributed by atoms with E-state index in [4.69, 9.17) is 0 Å². The van der Waals surface area contributed by atoms with Crippen molar-refractivity contribution in [3.63, 3.8) is 0 Å². The topological polar surface area (TPSA) is 102 Å². The minimum atomic E-state index is -4.53. The Morgan fingerprint density at radius 3 is 2.73 bits per heavy atom. The first-order valence-corrected chi connectivity index (χ1v) is 9.93. The van der Waals surface area contributed by atoms with Gasteiger partial charge in [0.15, 0.2) is 5.69 Å². The zero-order valence-corrected chi connectivity index (χ0v) is 16.6. The molecule has 1 atom stereocenters. The fourth-order valence-electron chi connectivity index (χ4n) is 3.21. The predicted octanol–water partition coefficient (Wildman–Crippen LogP) is 2.56. The first-order valence-electron chi connectivity index (χ1n) is 9.11. The Balaban J connectivity index is 1.50. The van der Waals surface area contributed by atoms with Gasteiger partial charge < -0.3 is 10.2 Å². The second-order valence-electron chi connectivity index (χ2n) is 6.84. The molecule has 9 nitrogen and oxygen atoms in total. The van der Waals surface area contributed by atoms with E-state index >= 15 is 0 Å². The van der Waals surface area contributed by atoms with E-state index in [1.807, 2.05) is 6.92 Å². The van der Waals surface area contributed by atoms with E-state index in [1.54, 1.807) is 17.2 Å². The van der Waals surface area contributed by atoms with E-state index in [-0.39, 0.29) is 22.8 Å². The largest absolute Gasteiger partial charge is 0.445 e. The maximum atomic E-state index is 13.2. The summed E-state index contributed by atoms with van der Waals surface area (Å²) in [5, 5.41) is 16.9. The van der Waals surface area contributed by atoms with Gasteiger partial charge in [0, 0.05) is 25.3 Å². The van der Waals surface area contributed by atoms with Crippen LogP contribution in [0.2, 0.25) is 0 Å². The number of halogens is 3. The van der Waals surface area contributed by atoms with Crippen molar-refractivity contribution in [1.29, 1.82) is 0 Å². The Kier molecular flexibility index (Phi) is 5.37. The van der Waals surface area contributed by atoms with Crippen molar-refractivity contribution in [2.45, 2.75) is 32.0 Å². The summed E-state index contributed by atoms with van der Waals surface area (Å²) in [6.07, 6.45) is 1.47. The highest BCUT2D eigenvalue weighted by atomic mass is 32.1. The molecule has 158 valence electrons. The van der Waals surface area contributed by atoms with Crippen LogP contribution >= 0.6 is 11.3 Å². The molecule has 1 aliphatic rings. The summed E-state index contributed by atoms with van der Waals surface area (Å²) in [7, 11) is 0. The van der Waals surface area contributed by atoms with E-state index in [1.165, 1.54) is 17.2 Å². The van der Waals surface area contributed by atoms with Crippen molar-refractivity contribution in [2.24, 2.45) is 0 Å². The van der Waals surface area contributed by atoms with E-state index in [9.17, 15) is 18.0 Å². The number of aryl methyl sites for hydroxylation is 1. The average molecular weight is 438 g/mol. The van der Waals surface area contributed by atoms with Crippen LogP contribution in [0, 0.1) is 6.92 Å². The summed E-state index contributed by atoms with van der Waals surface area (Å²) in [6, 6.07) is 1.54. The van der Waals surface area contributed by atoms with E-state index < -0.39 is 11.2 Å². The molecule has 0 saturated carbocycles. The number of hydrogen-bond acceptors (Lipinski definition) is 8. The van der Waals surface area contributed by atoms with Crippen molar-refractivity contribution in [2.75, 3.05) is 18.4 Å². The fourth-order valence-corrected chi connectivity index (χ4v) is 3.90. The van der Waals surface area contributed by atoms with E-state index in [0.717, 1.165) is 5.56 Å². The molecular formula is C17H17F3N8OS. The number of nitrogens with one attached hydrogen (secondary N) is 1. The molecule has 1 N–H and O–H groups in total. The molecule has 0 aromatic carbocycles. The molecule has 1 amide bonds. The molecule has 0 aliphatic carbocycles. The standard InChI is InChI=1S/C17H17F3N8OS/c1-10-7-12(28-22-4-5-23-28)13(21-8-10)14(29)27-6-2-3-11(9-27)24-16-26-25-15(30-16)17(18,19)20/h4-5,7-8,11H,2-3,6,9H2,1H3,(H,24,26). The van der Waals surface area contributed by atoms with Crippen LogP contribution in [0.25, 0.3) is 5.69 Å². The van der Waals surface area contributed by atoms with Crippen LogP contribution in [0.15, 0.2) is 24.7 Å². The Labute approximate surface area is 172 Å². The number of pyridine rings is 1. The number of alkyl halides is 3. The Morgan fingerprint density at radius 2 is 2.03 bits per heavy atom. The second kappa shape index (κ2) is 7.97. The van der Waals surface area contributed by atoms with Gasteiger partial charge in [-0.2, -0.15) is 23.4 Å². The van der Waals surface area contributed by atoms with Crippen LogP contribution in [0.3, 0.4) is 0 Å². The molecule has 0 radical (unpaired) electrons. The van der Waals surface area contributed by atoms with Crippen LogP contribution in [0.1, 0.15) is 33.9 Å². The number of aromatic nitrogens is 6. The third-order valence-electron chi connectivity index (χ3n) is 4.54. The summed E-state index contributed by atoms with van der Waals surface area (Å²) in [5.74, 6) is -0.290. The molecule has 1 unspecified atom stereocenters. The number of hydrogen-bond donors (Lipinski definition) is 1. The summed E-state index contributed by atoms with van der Waals surface area (Å²) < 4.78 is 38.2. The maximum Gasteiger partial charge on any atom is 0.445 e. The van der Waals surface area contributed by atoms with Gasteiger partial charge in [0.25, 0.3) is 5.91 Å². The van der Waals surface area contributed by atoms with Gasteiger partial charge in [0.2, 0.25) is 10.1 Å². The molecular weight excluding hydrogens is 421 g/mol. The third-order valence-corrected chi connectivity index (χ3v) is 5.44. The van der Waals surface area contributed by atoms with Crippen molar-refractivity contribution in [1.82, 2.24) is 35.1 Å². The molecule has 0 spiro atoms. The fraction of sp³-hybridized carbons (Fsp3) is 0.412. The van der Waals surface area contributed by atoms with Crippen molar-refractivity contribution in [3.8, 4) is 5.69 Å². The monoisotopic (exact) mass is 438 g/mol. The number of carbonyl (C=O) groups excluding carboxylic acids is 1. The highest BCUT2D eigenvalue weighted by molar-refractivity contribution is 7.15. The van der Waals surface area contributed by atoms with Gasteiger partial charge in [-0.1, -0.05) is 11.3 Å². The summed E-state index contributed by atoms with van der Waals surface area (Å²) >= 11 is 0.448. The summed E-state index contributed by atoms with van der Waals surface area (Å²) in [4.78, 5) is 20.4. The highest BCUT2D eigenvalue weighted by Crippen LogP contribution is 2.33. The van der Waals surface area contributed by atoms with Crippen LogP contribution in [0.5, 0.6) is 0 Å². The number of rotatable bonds is 4. The maximum absolute atomic E-state index is 13.2. The third kappa shape index (κ3) is 4.25. The van der Waals surface area contributed by atoms with Crippen LogP contribution in [-0.4, -0.2) is 60.1 Å². The molecule has 3 aromatic rings. The number of amides is 1. The molecule has 1 fully saturated rings. The lowest BCUT2D eigenvalue weighted by Gasteiger charge is -2.33. The van der Waals surface area contributed by atoms with E-state index in [2.05, 4.69) is 30.7 Å². The number of carbonyl (C=O) groups is 1. The minimum Gasteiger partial charge on any atom is -0.356 e. The molecule has 30 heavy (non-hydrogen) atoms. The molecule has 0 bridgehead atoms. The van der Waals surface area contributed by atoms with Crippen molar-refractivity contribution in [3.05, 3.63) is 40.9 Å². The SMILES string of the molecule is Cc1cnc(C(=O)N2CCCC(Nc3nnc(C(F)(F)F)s3)C2)c(-n2nccn2)c1. The molecule has 4 rings (SSSR count).